The Kier molecular flexibility index (Phi) is 5.01. The molecule has 152 valence electrons. The normalized spacial score (nSPS) is 19.3. The van der Waals surface area contributed by atoms with Gasteiger partial charge in [-0.15, -0.1) is 5.10 Å². The van der Waals surface area contributed by atoms with Crippen LogP contribution in [-0.4, -0.2) is 70.6 Å². The summed E-state index contributed by atoms with van der Waals surface area (Å²) in [6, 6.07) is 3.60. The van der Waals surface area contributed by atoms with Crippen molar-refractivity contribution in [2.24, 2.45) is 0 Å². The first kappa shape index (κ1) is 18.7. The van der Waals surface area contributed by atoms with Gasteiger partial charge in [-0.3, -0.25) is 0 Å². The van der Waals surface area contributed by atoms with Crippen LogP contribution in [0.25, 0.3) is 5.69 Å². The molecule has 1 N–H and O–H groups in total. The zero-order chi connectivity index (χ0) is 20.4. The molecule has 1 amide bonds. The average Bonchev–Trinajstić information content (AvgIpc) is 3.39. The molecular formula is C16H16F2N8O3. The summed E-state index contributed by atoms with van der Waals surface area (Å²) in [5.41, 5.74) is 0.828. The van der Waals surface area contributed by atoms with Gasteiger partial charge in [0.25, 0.3) is 0 Å². The number of aromatic nitrogens is 7. The maximum absolute atomic E-state index is 14.3. The second-order valence-electron chi connectivity index (χ2n) is 6.41. The van der Waals surface area contributed by atoms with Gasteiger partial charge in [0.15, 0.2) is 11.6 Å². The predicted molar refractivity (Wildman–Crippen MR) is 91.6 cm³/mol. The van der Waals surface area contributed by atoms with Crippen LogP contribution >= 0.6 is 0 Å². The number of amides is 1. The first-order chi connectivity index (χ1) is 14.0. The van der Waals surface area contributed by atoms with Gasteiger partial charge in [0.05, 0.1) is 18.4 Å². The molecule has 13 heteroatoms. The van der Waals surface area contributed by atoms with E-state index in [1.165, 1.54) is 34.1 Å². The minimum absolute atomic E-state index is 0.00880. The van der Waals surface area contributed by atoms with Crippen molar-refractivity contribution in [2.45, 2.75) is 25.2 Å². The van der Waals surface area contributed by atoms with Crippen molar-refractivity contribution in [2.75, 3.05) is 13.1 Å². The zero-order valence-corrected chi connectivity index (χ0v) is 15.0. The van der Waals surface area contributed by atoms with Gasteiger partial charge < -0.3 is 14.7 Å². The summed E-state index contributed by atoms with van der Waals surface area (Å²) in [6.07, 6.45) is 0.436. The van der Waals surface area contributed by atoms with Crippen molar-refractivity contribution in [1.82, 2.24) is 40.1 Å². The lowest BCUT2D eigenvalue weighted by Crippen LogP contribution is -2.45. The van der Waals surface area contributed by atoms with E-state index in [9.17, 15) is 13.6 Å². The number of likely N-dealkylation sites (tertiary alicyclic amines) is 1. The van der Waals surface area contributed by atoms with Gasteiger partial charge in [0, 0.05) is 12.6 Å². The van der Waals surface area contributed by atoms with Crippen LogP contribution in [0.15, 0.2) is 30.7 Å². The standard InChI is InChI=1S/C16H16F2N8O3/c17-12-5-11(25-9-19-22-23-25)1-2-15(12)29-8-10-6-20-26(21-10)14-3-4-24(16(27)28)7-13(14)18/h1-2,5-6,9,13-14H,3-4,7-8H2,(H,27,28)/t13-,14-/m1/s1. The van der Waals surface area contributed by atoms with Crippen molar-refractivity contribution < 1.29 is 23.4 Å². The Bertz CT molecular complexity index is 996. The number of alkyl halides is 1. The Morgan fingerprint density at radius 1 is 1.38 bits per heavy atom. The summed E-state index contributed by atoms with van der Waals surface area (Å²) < 4.78 is 35.3. The number of halogens is 2. The number of hydrogen-bond acceptors (Lipinski definition) is 7. The molecule has 1 fully saturated rings. The van der Waals surface area contributed by atoms with E-state index in [-0.39, 0.29) is 31.9 Å². The van der Waals surface area contributed by atoms with Crippen molar-refractivity contribution in [1.29, 1.82) is 0 Å². The fourth-order valence-electron chi connectivity index (χ4n) is 3.04. The monoisotopic (exact) mass is 406 g/mol. The van der Waals surface area contributed by atoms with Crippen LogP contribution in [0.1, 0.15) is 18.2 Å². The van der Waals surface area contributed by atoms with Gasteiger partial charge >= 0.3 is 6.09 Å². The number of tetrazole rings is 1. The number of nitrogens with zero attached hydrogens (tertiary/aromatic N) is 8. The fraction of sp³-hybridized carbons (Fsp3) is 0.375. The Hall–Kier alpha value is -3.64. The lowest BCUT2D eigenvalue weighted by atomic mass is 10.0. The van der Waals surface area contributed by atoms with Crippen molar-refractivity contribution in [3.63, 3.8) is 0 Å². The first-order valence-electron chi connectivity index (χ1n) is 8.69. The molecule has 0 spiro atoms. The molecule has 1 saturated heterocycles. The maximum Gasteiger partial charge on any atom is 0.407 e. The molecule has 1 aliphatic heterocycles. The number of carbonyl (C=O) groups is 1. The summed E-state index contributed by atoms with van der Waals surface area (Å²) in [7, 11) is 0. The molecule has 2 aromatic heterocycles. The molecule has 1 aliphatic rings. The number of carboxylic acid groups (broad SMARTS) is 1. The van der Waals surface area contributed by atoms with Gasteiger partial charge in [0.2, 0.25) is 0 Å². The van der Waals surface area contributed by atoms with E-state index in [1.54, 1.807) is 6.07 Å². The maximum atomic E-state index is 14.3. The van der Waals surface area contributed by atoms with Gasteiger partial charge in [-0.2, -0.15) is 15.0 Å². The zero-order valence-electron chi connectivity index (χ0n) is 15.0. The second kappa shape index (κ2) is 7.77. The van der Waals surface area contributed by atoms with Crippen LogP contribution in [0.5, 0.6) is 5.75 Å². The average molecular weight is 406 g/mol. The first-order valence-corrected chi connectivity index (χ1v) is 8.69. The Labute approximate surface area is 162 Å². The summed E-state index contributed by atoms with van der Waals surface area (Å²) in [4.78, 5) is 13.2. The minimum Gasteiger partial charge on any atom is -0.484 e. The molecule has 29 heavy (non-hydrogen) atoms. The molecule has 0 bridgehead atoms. The van der Waals surface area contributed by atoms with Gasteiger partial charge in [0.1, 0.15) is 30.8 Å². The SMILES string of the molecule is O=C(O)N1CC[C@@H](n2ncc(COc3ccc(-n4cnnn4)cc3F)n2)[C@H](F)C1. The molecule has 2 atom stereocenters. The molecule has 0 radical (unpaired) electrons. The van der Waals surface area contributed by atoms with Crippen molar-refractivity contribution >= 4 is 6.09 Å². The van der Waals surface area contributed by atoms with E-state index >= 15 is 0 Å². The lowest BCUT2D eigenvalue weighted by molar-refractivity contribution is 0.0702. The third kappa shape index (κ3) is 3.97. The molecule has 11 nitrogen and oxygen atoms in total. The number of piperidine rings is 1. The van der Waals surface area contributed by atoms with E-state index < -0.39 is 24.1 Å². The van der Waals surface area contributed by atoms with Crippen molar-refractivity contribution in [3.05, 3.63) is 42.2 Å². The van der Waals surface area contributed by atoms with Crippen LogP contribution in [0.4, 0.5) is 13.6 Å². The van der Waals surface area contributed by atoms with Crippen LogP contribution in [-0.2, 0) is 6.61 Å². The Morgan fingerprint density at radius 3 is 2.93 bits per heavy atom. The molecule has 0 unspecified atom stereocenters. The van der Waals surface area contributed by atoms with Crippen LogP contribution in [0.3, 0.4) is 0 Å². The number of ether oxygens (including phenoxy) is 1. The number of rotatable bonds is 5. The van der Waals surface area contributed by atoms with E-state index in [4.69, 9.17) is 9.84 Å². The highest BCUT2D eigenvalue weighted by Crippen LogP contribution is 2.25. The van der Waals surface area contributed by atoms with Crippen LogP contribution < -0.4 is 4.74 Å². The molecule has 1 aromatic carbocycles. The van der Waals surface area contributed by atoms with Crippen LogP contribution in [0.2, 0.25) is 0 Å². The topological polar surface area (TPSA) is 124 Å². The summed E-state index contributed by atoms with van der Waals surface area (Å²) in [5.74, 6) is -0.593. The van der Waals surface area contributed by atoms with Gasteiger partial charge in [-0.05, 0) is 29.0 Å². The number of benzene rings is 1. The predicted octanol–water partition coefficient (Wildman–Crippen LogP) is 1.23. The minimum atomic E-state index is -1.42. The van der Waals surface area contributed by atoms with Crippen molar-refractivity contribution in [3.8, 4) is 11.4 Å². The molecule has 3 aromatic rings. The third-order valence-corrected chi connectivity index (χ3v) is 4.53. The highest BCUT2D eigenvalue weighted by Gasteiger charge is 2.34. The van der Waals surface area contributed by atoms with Gasteiger partial charge in [-0.25, -0.2) is 18.3 Å². The second-order valence-corrected chi connectivity index (χ2v) is 6.41. The molecule has 0 saturated carbocycles. The quantitative estimate of drug-likeness (QED) is 0.671. The molecule has 4 rings (SSSR count). The summed E-state index contributed by atoms with van der Waals surface area (Å²) in [5, 5.41) is 27.8. The molecule has 3 heterocycles. The largest absolute Gasteiger partial charge is 0.484 e. The lowest BCUT2D eigenvalue weighted by Gasteiger charge is -2.32. The fourth-order valence-corrected chi connectivity index (χ4v) is 3.04. The van der Waals surface area contributed by atoms with E-state index in [0.717, 1.165) is 4.90 Å². The Balaban J connectivity index is 1.38. The molecule has 0 aliphatic carbocycles. The smallest absolute Gasteiger partial charge is 0.407 e. The third-order valence-electron chi connectivity index (χ3n) is 4.53. The van der Waals surface area contributed by atoms with E-state index in [2.05, 4.69) is 25.7 Å². The Morgan fingerprint density at radius 2 is 2.24 bits per heavy atom. The molecular weight excluding hydrogens is 390 g/mol. The number of hydrogen-bond donors (Lipinski definition) is 1. The van der Waals surface area contributed by atoms with E-state index in [0.29, 0.717) is 11.4 Å². The van der Waals surface area contributed by atoms with Crippen LogP contribution in [0, 0.1) is 5.82 Å². The van der Waals surface area contributed by atoms with Gasteiger partial charge in [-0.1, -0.05) is 0 Å². The van der Waals surface area contributed by atoms with E-state index in [1.807, 2.05) is 0 Å². The summed E-state index contributed by atoms with van der Waals surface area (Å²) in [6.45, 7) is -0.0923. The highest BCUT2D eigenvalue weighted by atomic mass is 19.1. The summed E-state index contributed by atoms with van der Waals surface area (Å²) >= 11 is 0. The highest BCUT2D eigenvalue weighted by molar-refractivity contribution is 5.65.